The molecule has 0 spiro atoms. The first-order chi connectivity index (χ1) is 19.6. The van der Waals surface area contributed by atoms with Crippen LogP contribution in [0.5, 0.6) is 5.88 Å². The van der Waals surface area contributed by atoms with E-state index in [0.29, 0.717) is 43.6 Å². The maximum Gasteiger partial charge on any atom is 0.234 e. The summed E-state index contributed by atoms with van der Waals surface area (Å²) in [7, 11) is 2.13. The van der Waals surface area contributed by atoms with Crippen LogP contribution in [0.2, 0.25) is 5.02 Å². The highest BCUT2D eigenvalue weighted by atomic mass is 35.5. The predicted molar refractivity (Wildman–Crippen MR) is 158 cm³/mol. The van der Waals surface area contributed by atoms with Crippen LogP contribution in [0.15, 0.2) is 36.4 Å². The average Bonchev–Trinajstić information content (AvgIpc) is 3.39. The van der Waals surface area contributed by atoms with Crippen LogP contribution in [0, 0.1) is 22.7 Å². The van der Waals surface area contributed by atoms with Crippen LogP contribution in [0.4, 0.5) is 11.5 Å². The van der Waals surface area contributed by atoms with Gasteiger partial charge in [-0.25, -0.2) is 0 Å². The van der Waals surface area contributed by atoms with Crippen LogP contribution < -0.4 is 19.9 Å². The number of piperazine rings is 1. The Hall–Kier alpha value is -3.56. The van der Waals surface area contributed by atoms with Crippen molar-refractivity contribution < 1.29 is 4.74 Å². The number of halogens is 1. The summed E-state index contributed by atoms with van der Waals surface area (Å²) in [5.41, 5.74) is 3.69. The van der Waals surface area contributed by atoms with Crippen molar-refractivity contribution in [3.05, 3.63) is 58.1 Å². The Balaban J connectivity index is 1.41. The fraction of sp³-hybridized carbons (Fsp3) is 0.452. The van der Waals surface area contributed by atoms with Gasteiger partial charge < -0.3 is 24.8 Å². The summed E-state index contributed by atoms with van der Waals surface area (Å²) in [5, 5.41) is 26.0. The number of hydrogen-bond donors (Lipinski definition) is 1. The van der Waals surface area contributed by atoms with E-state index in [1.54, 1.807) is 0 Å². The third kappa shape index (κ3) is 5.04. The number of likely N-dealkylation sites (N-methyl/N-ethyl adjacent to an activating group) is 1. The molecule has 4 heterocycles. The Morgan fingerprint density at radius 3 is 2.73 bits per heavy atom. The second-order valence-electron chi connectivity index (χ2n) is 11.0. The van der Waals surface area contributed by atoms with E-state index in [-0.39, 0.29) is 6.04 Å². The highest BCUT2D eigenvalue weighted by Gasteiger charge is 2.32. The number of nitrogens with one attached hydrogen (secondary N) is 1. The standard InChI is InChI=1S/C31H34ClN7O/c1-37-14-4-7-23(37)20-40-31-25(17-34)26-19-38(28-9-3-6-21-5-2-8-27(32)29(21)28)15-11-24(26)30(36-31)39-16-13-35-22(18-39)10-12-33/h2-3,5-6,8-9,22-23,35H,4,7,10-11,13-16,18-20H2,1H3/t22-,23+/m1/s1. The van der Waals surface area contributed by atoms with Gasteiger partial charge in [-0.05, 0) is 50.4 Å². The number of ether oxygens (including phenoxy) is 1. The van der Waals surface area contributed by atoms with E-state index >= 15 is 0 Å². The van der Waals surface area contributed by atoms with E-state index in [9.17, 15) is 10.5 Å². The molecule has 3 aliphatic heterocycles. The molecule has 0 aliphatic carbocycles. The molecule has 40 heavy (non-hydrogen) atoms. The van der Waals surface area contributed by atoms with Crippen LogP contribution in [-0.2, 0) is 13.0 Å². The largest absolute Gasteiger partial charge is 0.475 e. The first-order valence-corrected chi connectivity index (χ1v) is 14.5. The summed E-state index contributed by atoms with van der Waals surface area (Å²) < 4.78 is 6.38. The van der Waals surface area contributed by atoms with E-state index in [1.165, 1.54) is 0 Å². The molecule has 3 aromatic rings. The Morgan fingerprint density at radius 1 is 1.10 bits per heavy atom. The lowest BCUT2D eigenvalue weighted by atomic mass is 9.94. The first-order valence-electron chi connectivity index (χ1n) is 14.1. The van der Waals surface area contributed by atoms with Crippen LogP contribution in [0.1, 0.15) is 36.0 Å². The minimum absolute atomic E-state index is 0.0845. The Morgan fingerprint density at radius 2 is 1.95 bits per heavy atom. The highest BCUT2D eigenvalue weighted by Crippen LogP contribution is 2.40. The third-order valence-electron chi connectivity index (χ3n) is 8.60. The van der Waals surface area contributed by atoms with Gasteiger partial charge in [-0.2, -0.15) is 15.5 Å². The summed E-state index contributed by atoms with van der Waals surface area (Å²) in [4.78, 5) is 12.0. The lowest BCUT2D eigenvalue weighted by Crippen LogP contribution is -2.51. The topological polar surface area (TPSA) is 91.5 Å². The van der Waals surface area contributed by atoms with E-state index < -0.39 is 0 Å². The molecule has 206 valence electrons. The number of anilines is 2. The van der Waals surface area contributed by atoms with Gasteiger partial charge in [0.1, 0.15) is 24.1 Å². The molecule has 2 atom stereocenters. The quantitative estimate of drug-likeness (QED) is 0.476. The maximum atomic E-state index is 10.4. The van der Waals surface area contributed by atoms with Crippen molar-refractivity contribution in [2.24, 2.45) is 0 Å². The lowest BCUT2D eigenvalue weighted by molar-refractivity contribution is 0.192. The van der Waals surface area contributed by atoms with E-state index in [2.05, 4.69) is 63.5 Å². The van der Waals surface area contributed by atoms with Crippen LogP contribution in [-0.4, -0.2) is 68.3 Å². The summed E-state index contributed by atoms with van der Waals surface area (Å²) in [6.45, 7) is 5.21. The minimum atomic E-state index is 0.0845. The number of rotatable bonds is 6. The van der Waals surface area contributed by atoms with Crippen molar-refractivity contribution in [2.75, 3.05) is 56.2 Å². The summed E-state index contributed by atoms with van der Waals surface area (Å²) in [6, 6.07) is 17.4. The molecule has 1 aromatic heterocycles. The molecule has 8 nitrogen and oxygen atoms in total. The van der Waals surface area contributed by atoms with Gasteiger partial charge in [-0.1, -0.05) is 35.9 Å². The molecule has 6 rings (SSSR count). The molecule has 0 amide bonds. The van der Waals surface area contributed by atoms with Gasteiger partial charge in [0, 0.05) is 67.0 Å². The smallest absolute Gasteiger partial charge is 0.234 e. The second kappa shape index (κ2) is 11.5. The number of nitrogens with zero attached hydrogens (tertiary/aromatic N) is 6. The van der Waals surface area contributed by atoms with Gasteiger partial charge in [0.2, 0.25) is 5.88 Å². The van der Waals surface area contributed by atoms with Crippen molar-refractivity contribution in [1.82, 2.24) is 15.2 Å². The van der Waals surface area contributed by atoms with Gasteiger partial charge in [0.05, 0.1) is 17.5 Å². The second-order valence-corrected chi connectivity index (χ2v) is 11.4. The zero-order chi connectivity index (χ0) is 27.6. The lowest BCUT2D eigenvalue weighted by Gasteiger charge is -2.38. The molecule has 0 unspecified atom stereocenters. The summed E-state index contributed by atoms with van der Waals surface area (Å²) in [5.74, 6) is 1.31. The van der Waals surface area contributed by atoms with E-state index in [1.807, 2.05) is 12.1 Å². The Kier molecular flexibility index (Phi) is 7.67. The fourth-order valence-corrected chi connectivity index (χ4v) is 6.72. The number of benzene rings is 2. The first kappa shape index (κ1) is 26.7. The zero-order valence-corrected chi connectivity index (χ0v) is 23.6. The summed E-state index contributed by atoms with van der Waals surface area (Å²) in [6.07, 6.45) is 3.44. The molecule has 1 N–H and O–H groups in total. The highest BCUT2D eigenvalue weighted by molar-refractivity contribution is 6.36. The van der Waals surface area contributed by atoms with Crippen molar-refractivity contribution >= 4 is 33.9 Å². The zero-order valence-electron chi connectivity index (χ0n) is 22.9. The van der Waals surface area contributed by atoms with Crippen LogP contribution in [0.25, 0.3) is 10.8 Å². The van der Waals surface area contributed by atoms with E-state index in [4.69, 9.17) is 21.3 Å². The third-order valence-corrected chi connectivity index (χ3v) is 8.91. The minimum Gasteiger partial charge on any atom is -0.475 e. The van der Waals surface area contributed by atoms with Crippen molar-refractivity contribution in [2.45, 2.75) is 44.3 Å². The van der Waals surface area contributed by atoms with Crippen molar-refractivity contribution in [3.63, 3.8) is 0 Å². The van der Waals surface area contributed by atoms with Gasteiger partial charge in [0.25, 0.3) is 0 Å². The molecule has 2 saturated heterocycles. The molecule has 9 heteroatoms. The predicted octanol–water partition coefficient (Wildman–Crippen LogP) is 4.49. The monoisotopic (exact) mass is 555 g/mol. The SMILES string of the molecule is CN1CCC[C@H]1COc1nc(N2CCN[C@H](CC#N)C2)c2c(c1C#N)CN(c1cccc3cccc(Cl)c13)CC2. The van der Waals surface area contributed by atoms with E-state index in [0.717, 1.165) is 83.9 Å². The molecule has 3 aliphatic rings. The van der Waals surface area contributed by atoms with Gasteiger partial charge in [-0.3, -0.25) is 0 Å². The molecule has 2 aromatic carbocycles. The maximum absolute atomic E-state index is 10.4. The van der Waals surface area contributed by atoms with Crippen LogP contribution >= 0.6 is 11.6 Å². The number of nitriles is 2. The molecular formula is C31H34ClN7O. The summed E-state index contributed by atoms with van der Waals surface area (Å²) >= 11 is 6.70. The molecule has 2 fully saturated rings. The number of pyridine rings is 1. The average molecular weight is 556 g/mol. The van der Waals surface area contributed by atoms with Crippen LogP contribution in [0.3, 0.4) is 0 Å². The molecule has 0 saturated carbocycles. The van der Waals surface area contributed by atoms with Gasteiger partial charge in [-0.15, -0.1) is 0 Å². The fourth-order valence-electron chi connectivity index (χ4n) is 6.44. The molecule has 0 radical (unpaired) electrons. The number of hydrogen-bond acceptors (Lipinski definition) is 8. The normalized spacial score (nSPS) is 21.2. The van der Waals surface area contributed by atoms with Gasteiger partial charge >= 0.3 is 0 Å². The number of fused-ring (bicyclic) bond motifs is 2. The number of aromatic nitrogens is 1. The number of likely N-dealkylation sites (tertiary alicyclic amines) is 1. The Labute approximate surface area is 240 Å². The van der Waals surface area contributed by atoms with Crippen molar-refractivity contribution in [1.29, 1.82) is 10.5 Å². The molecular weight excluding hydrogens is 522 g/mol. The van der Waals surface area contributed by atoms with Gasteiger partial charge in [0.15, 0.2) is 0 Å². The molecule has 0 bridgehead atoms. The Bertz CT molecular complexity index is 1490. The van der Waals surface area contributed by atoms with Crippen molar-refractivity contribution in [3.8, 4) is 18.0 Å².